The van der Waals surface area contributed by atoms with Gasteiger partial charge in [-0.25, -0.2) is 0 Å². The van der Waals surface area contributed by atoms with Crippen molar-refractivity contribution in [2.24, 2.45) is 107 Å². The van der Waals surface area contributed by atoms with Crippen LogP contribution in [0.1, 0.15) is 394 Å². The van der Waals surface area contributed by atoms with Gasteiger partial charge in [0.2, 0.25) is 0 Å². The van der Waals surface area contributed by atoms with E-state index in [4.69, 9.17) is 0 Å². The van der Waals surface area contributed by atoms with Gasteiger partial charge in [-0.2, -0.15) is 0 Å². The Balaban J connectivity index is 0.000000103. The van der Waals surface area contributed by atoms with Gasteiger partial charge in [-0.15, -0.1) is 0 Å². The molecule has 0 aromatic heterocycles. The van der Waals surface area contributed by atoms with E-state index in [9.17, 15) is 0 Å². The normalized spacial score (nSPS) is 31.6. The molecule has 24 unspecified atom stereocenters. The summed E-state index contributed by atoms with van der Waals surface area (Å²) in [6, 6.07) is 124. The molecular weight excluding hydrogens is 1870 g/mol. The minimum absolute atomic E-state index is 0.0340. The molecule has 0 heterocycles. The zero-order valence-electron chi connectivity index (χ0n) is 89.9. The number of fused-ring (bicyclic) bond motifs is 21. The van der Waals surface area contributed by atoms with Crippen LogP contribution in [-0.4, -0.2) is 0 Å². The van der Waals surface area contributed by atoms with Crippen LogP contribution in [-0.2, 0) is 43.6 Å². The van der Waals surface area contributed by atoms with Crippen LogP contribution in [0.15, 0.2) is 374 Å². The molecule has 24 atom stereocenters. The van der Waals surface area contributed by atoms with Crippen molar-refractivity contribution in [1.29, 1.82) is 0 Å². The lowest BCUT2D eigenvalue weighted by atomic mass is 9.73. The molecule has 0 amide bonds. The molecule has 149 heavy (non-hydrogen) atoms. The smallest absolute Gasteiger partial charge is 0.0619 e. The van der Waals surface area contributed by atoms with E-state index in [1.165, 1.54) is 361 Å². The maximum absolute atomic E-state index is 2.58. The van der Waals surface area contributed by atoms with Crippen LogP contribution >= 0.6 is 0 Å². The molecule has 12 aromatic rings. The Bertz CT molecular complexity index is 5950. The van der Waals surface area contributed by atoms with Crippen molar-refractivity contribution in [1.82, 2.24) is 0 Å². The van der Waals surface area contributed by atoms with Crippen LogP contribution in [0, 0.1) is 107 Å². The average Bonchev–Trinajstić information content (AvgIpc) is 1.60. The van der Waals surface area contributed by atoms with Crippen molar-refractivity contribution in [3.63, 3.8) is 0 Å². The zero-order chi connectivity index (χ0) is 98.9. The lowest BCUT2D eigenvalue weighted by Gasteiger charge is -2.32. The van der Waals surface area contributed by atoms with Gasteiger partial charge in [0.15, 0.2) is 58.7 Å². The molecule has 0 radical (unpaired) electrons. The maximum atomic E-state index is 2.58. The zero-order valence-corrected chi connectivity index (χ0v) is 93.2. The molecule has 29 rings (SSSR count). The summed E-state index contributed by atoms with van der Waals surface area (Å²) >= 11 is 0. The van der Waals surface area contributed by atoms with Crippen LogP contribution < -0.4 is 0 Å². The Morgan fingerprint density at radius 3 is 0.550 bits per heavy atom. The summed E-state index contributed by atoms with van der Waals surface area (Å²) in [6.45, 7) is 0. The van der Waals surface area contributed by atoms with Crippen LogP contribution in [0.25, 0.3) is 0 Å². The Morgan fingerprint density at radius 1 is 0.114 bits per heavy atom. The van der Waals surface area contributed by atoms with E-state index in [2.05, 4.69) is 315 Å². The Hall–Kier alpha value is -7.96. The number of hydrogen-bond acceptors (Lipinski definition) is 0. The molecule has 0 aliphatic heterocycles. The summed E-state index contributed by atoms with van der Waals surface area (Å²) in [5, 5.41) is 0. The van der Waals surface area contributed by atoms with Gasteiger partial charge in [0.1, 0.15) is 0 Å². The molecule has 17 fully saturated rings. The third-order valence-electron chi connectivity index (χ3n) is 43.8. The fourth-order valence-corrected chi connectivity index (χ4v) is 45.2. The SMILES string of the molecule is c1cc([S+](c2ccc(C3CC4CC3C3CCCC43)cc2)c2ccc(C3CC4CC3C3CCCC43)cc2)ccc1C1CC2CC1C1CCCC21.c1ccc([S+](c2ccc(C3CCC4CCCC4C3)cc2)c2ccc(C3CC4CC3C3CCCC43)cc2)cc1.c1ccc([S+](c2ccc(C3CCCCCCC3)cc2)c2ccc(C3CCCCCCC3)cc2)cc1.c1ccc([S+](c2ccccc2)c2ccc(C3CCCCCCC3)cc2)cc1. The topological polar surface area (TPSA) is 0 Å². The van der Waals surface area contributed by atoms with Gasteiger partial charge in [-0.05, 0) is 504 Å². The summed E-state index contributed by atoms with van der Waals surface area (Å²) in [7, 11) is -0.198. The van der Waals surface area contributed by atoms with E-state index in [0.29, 0.717) is 0 Å². The summed E-state index contributed by atoms with van der Waals surface area (Å²) in [5.41, 5.74) is 12.8. The monoisotopic (exact) mass is 2040 g/mol. The van der Waals surface area contributed by atoms with Crippen LogP contribution in [0.4, 0.5) is 0 Å². The third kappa shape index (κ3) is 21.4. The quantitative estimate of drug-likeness (QED) is 0.0667. The molecule has 17 saturated carbocycles. The highest BCUT2D eigenvalue weighted by atomic mass is 32.2. The van der Waals surface area contributed by atoms with Gasteiger partial charge in [0, 0.05) is 0 Å². The van der Waals surface area contributed by atoms with Gasteiger partial charge < -0.3 is 0 Å². The van der Waals surface area contributed by atoms with Crippen molar-refractivity contribution in [2.75, 3.05) is 0 Å². The van der Waals surface area contributed by atoms with Gasteiger partial charge in [0.25, 0.3) is 0 Å². The molecule has 8 bridgehead atoms. The van der Waals surface area contributed by atoms with E-state index in [0.717, 1.165) is 154 Å². The minimum Gasteiger partial charge on any atom is -0.0619 e. The molecule has 12 aromatic carbocycles. The molecule has 0 N–H and O–H groups in total. The van der Waals surface area contributed by atoms with Gasteiger partial charge in [-0.1, -0.05) is 311 Å². The van der Waals surface area contributed by atoms with Crippen molar-refractivity contribution < 1.29 is 0 Å². The number of hydrogen-bond donors (Lipinski definition) is 0. The number of benzene rings is 12. The molecule has 17 aliphatic carbocycles. The van der Waals surface area contributed by atoms with Crippen molar-refractivity contribution >= 4 is 43.6 Å². The van der Waals surface area contributed by atoms with E-state index >= 15 is 0 Å². The molecular formula is C145H172S4+4. The van der Waals surface area contributed by atoms with Crippen molar-refractivity contribution in [2.45, 2.75) is 408 Å². The Labute approximate surface area is 910 Å². The largest absolute Gasteiger partial charge is 0.166 e. The highest BCUT2D eigenvalue weighted by molar-refractivity contribution is 7.98. The van der Waals surface area contributed by atoms with Crippen LogP contribution in [0.3, 0.4) is 0 Å². The second kappa shape index (κ2) is 46.6. The first-order valence-electron chi connectivity index (χ1n) is 61.8. The highest BCUT2D eigenvalue weighted by Gasteiger charge is 2.59. The lowest BCUT2D eigenvalue weighted by Crippen LogP contribution is -2.23. The first-order chi connectivity index (χ1) is 73.9. The second-order valence-corrected chi connectivity index (χ2v) is 59.3. The van der Waals surface area contributed by atoms with Crippen LogP contribution in [0.2, 0.25) is 0 Å². The lowest BCUT2D eigenvalue weighted by molar-refractivity contribution is 0.232. The first-order valence-corrected chi connectivity index (χ1v) is 66.7. The van der Waals surface area contributed by atoms with Gasteiger partial charge in [0.05, 0.1) is 43.6 Å². The predicted octanol–water partition coefficient (Wildman–Crippen LogP) is 40.5. The van der Waals surface area contributed by atoms with E-state index in [1.807, 2.05) is 0 Å². The minimum atomic E-state index is -0.0622. The molecule has 772 valence electrons. The molecule has 0 saturated heterocycles. The van der Waals surface area contributed by atoms with E-state index in [1.54, 1.807) is 44.5 Å². The molecule has 17 aliphatic rings. The Morgan fingerprint density at radius 2 is 0.309 bits per heavy atom. The molecule has 0 nitrogen and oxygen atoms in total. The van der Waals surface area contributed by atoms with E-state index in [-0.39, 0.29) is 43.6 Å². The summed E-state index contributed by atoms with van der Waals surface area (Å²) in [4.78, 5) is 17.5. The standard InChI is InChI=1S/C48H57S.C37H43S.C34H43S.C26H29S/c1-4-37-31-22-43(46(25-31)40(37)7-1)28-10-16-34(17-11-28)49(35-18-12-29(13-19-35)44-23-32-26-47(44)41-8-2-5-38(32)41)36-20-14-30(15-21-36)45-24-33-27-48(45)42-9-3-6-39(33)42;1-2-8-31(9-3-1)38(32-18-14-26(15-19-32)29-13-12-25-6-4-7-28(25)22-29)33-20-16-27(17-21-33)36-23-30-24-37(36)35-11-5-10-34(30)35;1-3-8-14-28(15-9-4-1)30-20-24-33(25-21-30)35(32-18-12-7-13-19-32)34-26-22-31(23-27-34)29-16-10-5-2-6-11-17-29;1-2-6-12-22(13-7-3-1)23-18-20-26(21-19-23)27(24-14-8-4-9-15-24)25-16-10-5-11-17-25/h10-21,31-33,37-48H,1-9,22-27H2;1-3,8-9,14-21,25,28-30,34-37H,4-7,10-13,22-24H2;7,12-13,18-29H,1-6,8-11,14-17H2;4-5,8-11,14-22H,1-3,6-7,12-13H2/q4*+1. The van der Waals surface area contributed by atoms with Gasteiger partial charge in [-0.3, -0.25) is 0 Å². The Kier molecular flexibility index (Phi) is 31.4. The van der Waals surface area contributed by atoms with Gasteiger partial charge >= 0.3 is 0 Å². The highest BCUT2D eigenvalue weighted by Crippen LogP contribution is 2.68. The van der Waals surface area contributed by atoms with Crippen molar-refractivity contribution in [3.8, 4) is 0 Å². The predicted molar refractivity (Wildman–Crippen MR) is 628 cm³/mol. The summed E-state index contributed by atoms with van der Waals surface area (Å²) < 4.78 is 0. The van der Waals surface area contributed by atoms with Crippen LogP contribution in [0.5, 0.6) is 0 Å². The first kappa shape index (κ1) is 100. The molecule has 0 spiro atoms. The second-order valence-electron chi connectivity index (χ2n) is 51.2. The average molecular weight is 2040 g/mol. The fourth-order valence-electron chi connectivity index (χ4n) is 36.9. The summed E-state index contributed by atoms with van der Waals surface area (Å²) in [5.74, 6) is 24.8. The summed E-state index contributed by atoms with van der Waals surface area (Å²) in [6.07, 6.45) is 68.3. The maximum Gasteiger partial charge on any atom is 0.166 e. The number of rotatable bonds is 20. The fraction of sp³-hybridized carbons (Fsp3) is 0.503. The van der Waals surface area contributed by atoms with E-state index < -0.39 is 0 Å². The van der Waals surface area contributed by atoms with Crippen molar-refractivity contribution in [3.05, 3.63) is 360 Å². The molecule has 4 heteroatoms. The third-order valence-corrected chi connectivity index (χ3v) is 52.7.